The predicted molar refractivity (Wildman–Crippen MR) is 121 cm³/mol. The maximum atomic E-state index is 11.9. The van der Waals surface area contributed by atoms with E-state index in [1.165, 1.54) is 102 Å². The van der Waals surface area contributed by atoms with Gasteiger partial charge in [-0.3, -0.25) is 0 Å². The van der Waals surface area contributed by atoms with E-state index in [9.17, 15) is 9.59 Å². The molecule has 3 atom stereocenters. The molecular formula is C26H44O4. The Bertz CT molecular complexity index is 513. The Morgan fingerprint density at radius 1 is 0.733 bits per heavy atom. The van der Waals surface area contributed by atoms with Gasteiger partial charge in [0.2, 0.25) is 0 Å². The Labute approximate surface area is 184 Å². The van der Waals surface area contributed by atoms with Crippen LogP contribution in [0.3, 0.4) is 0 Å². The van der Waals surface area contributed by atoms with Gasteiger partial charge in [-0.1, -0.05) is 84.0 Å². The SMILES string of the molecule is CCCCCCCCCCCCCCCOC(=O)/C=C/C(=O)OC1CC2CCC1C2. The van der Waals surface area contributed by atoms with Crippen LogP contribution in [0.25, 0.3) is 0 Å². The Kier molecular flexibility index (Phi) is 12.9. The molecule has 0 radical (unpaired) electrons. The van der Waals surface area contributed by atoms with Crippen molar-refractivity contribution in [2.75, 3.05) is 6.61 Å². The summed E-state index contributed by atoms with van der Waals surface area (Å²) in [7, 11) is 0. The minimum Gasteiger partial charge on any atom is -0.463 e. The van der Waals surface area contributed by atoms with Crippen LogP contribution in [0.5, 0.6) is 0 Å². The molecule has 0 heterocycles. The maximum absolute atomic E-state index is 11.9. The molecule has 4 nitrogen and oxygen atoms in total. The van der Waals surface area contributed by atoms with Gasteiger partial charge in [0.25, 0.3) is 0 Å². The van der Waals surface area contributed by atoms with E-state index < -0.39 is 11.9 Å². The zero-order valence-corrected chi connectivity index (χ0v) is 19.2. The molecule has 0 amide bonds. The molecular weight excluding hydrogens is 376 g/mol. The molecule has 2 rings (SSSR count). The Hall–Kier alpha value is -1.32. The number of ether oxygens (including phenoxy) is 2. The molecule has 172 valence electrons. The van der Waals surface area contributed by atoms with Crippen LogP contribution in [0, 0.1) is 11.8 Å². The van der Waals surface area contributed by atoms with Gasteiger partial charge in [0.15, 0.2) is 0 Å². The topological polar surface area (TPSA) is 52.6 Å². The Morgan fingerprint density at radius 2 is 1.30 bits per heavy atom. The average molecular weight is 421 g/mol. The molecule has 0 aromatic heterocycles. The van der Waals surface area contributed by atoms with Gasteiger partial charge < -0.3 is 9.47 Å². The number of rotatable bonds is 17. The highest BCUT2D eigenvalue weighted by molar-refractivity contribution is 5.91. The molecule has 0 aromatic carbocycles. The van der Waals surface area contributed by atoms with Crippen LogP contribution in [0.1, 0.15) is 116 Å². The van der Waals surface area contributed by atoms with Crippen molar-refractivity contribution in [1.82, 2.24) is 0 Å². The van der Waals surface area contributed by atoms with Crippen molar-refractivity contribution in [3.8, 4) is 0 Å². The van der Waals surface area contributed by atoms with Gasteiger partial charge in [0.1, 0.15) is 6.10 Å². The zero-order chi connectivity index (χ0) is 21.4. The fraction of sp³-hybridized carbons (Fsp3) is 0.846. The lowest BCUT2D eigenvalue weighted by molar-refractivity contribution is -0.146. The van der Waals surface area contributed by atoms with Gasteiger partial charge in [-0.05, 0) is 43.9 Å². The summed E-state index contributed by atoms with van der Waals surface area (Å²) >= 11 is 0. The quantitative estimate of drug-likeness (QED) is 0.146. The highest BCUT2D eigenvalue weighted by Gasteiger charge is 2.41. The number of carbonyl (C=O) groups is 2. The van der Waals surface area contributed by atoms with Gasteiger partial charge >= 0.3 is 11.9 Å². The molecule has 0 saturated heterocycles. The molecule has 2 aliphatic carbocycles. The van der Waals surface area contributed by atoms with Crippen molar-refractivity contribution in [2.24, 2.45) is 11.8 Å². The normalized spacial score (nSPS) is 22.6. The van der Waals surface area contributed by atoms with E-state index in [-0.39, 0.29) is 6.10 Å². The summed E-state index contributed by atoms with van der Waals surface area (Å²) in [6.45, 7) is 2.70. The molecule has 2 saturated carbocycles. The average Bonchev–Trinajstić information content (AvgIpc) is 3.36. The third-order valence-electron chi connectivity index (χ3n) is 6.79. The lowest BCUT2D eigenvalue weighted by Gasteiger charge is -2.20. The summed E-state index contributed by atoms with van der Waals surface area (Å²) in [6, 6.07) is 0. The van der Waals surface area contributed by atoms with Crippen LogP contribution in [0.4, 0.5) is 0 Å². The highest BCUT2D eigenvalue weighted by Crippen LogP contribution is 2.45. The molecule has 0 aromatic rings. The third-order valence-corrected chi connectivity index (χ3v) is 6.79. The number of hydrogen-bond donors (Lipinski definition) is 0. The number of esters is 2. The molecule has 2 aliphatic rings. The fourth-order valence-corrected chi connectivity index (χ4v) is 5.00. The second-order valence-electron chi connectivity index (χ2n) is 9.39. The fourth-order valence-electron chi connectivity index (χ4n) is 5.00. The predicted octanol–water partition coefficient (Wildman–Crippen LogP) is 6.91. The van der Waals surface area contributed by atoms with E-state index in [0.717, 1.165) is 25.2 Å². The lowest BCUT2D eigenvalue weighted by Crippen LogP contribution is -2.23. The number of unbranched alkanes of at least 4 members (excludes halogenated alkanes) is 12. The summed E-state index contributed by atoms with van der Waals surface area (Å²) in [5.74, 6) is 0.418. The molecule has 2 bridgehead atoms. The largest absolute Gasteiger partial charge is 0.463 e. The van der Waals surface area contributed by atoms with Crippen LogP contribution < -0.4 is 0 Å². The van der Waals surface area contributed by atoms with E-state index in [2.05, 4.69) is 6.92 Å². The summed E-state index contributed by atoms with van der Waals surface area (Å²) < 4.78 is 10.7. The minimum absolute atomic E-state index is 0.0581. The number of hydrogen-bond acceptors (Lipinski definition) is 4. The minimum atomic E-state index is -0.446. The molecule has 0 N–H and O–H groups in total. The van der Waals surface area contributed by atoms with E-state index in [4.69, 9.17) is 9.47 Å². The van der Waals surface area contributed by atoms with Crippen molar-refractivity contribution >= 4 is 11.9 Å². The van der Waals surface area contributed by atoms with Crippen LogP contribution >= 0.6 is 0 Å². The first-order chi connectivity index (χ1) is 14.7. The second-order valence-corrected chi connectivity index (χ2v) is 9.39. The zero-order valence-electron chi connectivity index (χ0n) is 19.2. The van der Waals surface area contributed by atoms with Crippen molar-refractivity contribution in [2.45, 2.75) is 122 Å². The van der Waals surface area contributed by atoms with E-state index in [0.29, 0.717) is 12.5 Å². The second kappa shape index (κ2) is 15.5. The Balaban J connectivity index is 1.34. The monoisotopic (exact) mass is 420 g/mol. The van der Waals surface area contributed by atoms with Gasteiger partial charge in [0, 0.05) is 12.2 Å². The van der Waals surface area contributed by atoms with Crippen molar-refractivity contribution in [3.63, 3.8) is 0 Å². The summed E-state index contributed by atoms with van der Waals surface area (Å²) in [6.07, 6.45) is 24.0. The van der Waals surface area contributed by atoms with Gasteiger partial charge in [-0.2, -0.15) is 0 Å². The molecule has 0 spiro atoms. The third kappa shape index (κ3) is 10.6. The van der Waals surface area contributed by atoms with Crippen molar-refractivity contribution < 1.29 is 19.1 Å². The molecule has 30 heavy (non-hydrogen) atoms. The highest BCUT2D eigenvalue weighted by atomic mass is 16.5. The standard InChI is InChI=1S/C26H44O4/c1-2-3-4-5-6-7-8-9-10-11-12-13-14-19-29-25(27)17-18-26(28)30-24-21-22-15-16-23(24)20-22/h17-18,22-24H,2-16,19-21H2,1H3/b18-17+. The van der Waals surface area contributed by atoms with Crippen molar-refractivity contribution in [3.05, 3.63) is 12.2 Å². The van der Waals surface area contributed by atoms with Crippen LogP contribution in [-0.4, -0.2) is 24.6 Å². The van der Waals surface area contributed by atoms with Crippen LogP contribution in [0.15, 0.2) is 12.2 Å². The first-order valence-corrected chi connectivity index (χ1v) is 12.7. The molecule has 2 fully saturated rings. The summed E-state index contributed by atoms with van der Waals surface area (Å²) in [5.41, 5.74) is 0. The molecule has 3 unspecified atom stereocenters. The van der Waals surface area contributed by atoms with Gasteiger partial charge in [-0.15, -0.1) is 0 Å². The summed E-state index contributed by atoms with van der Waals surface area (Å²) in [4.78, 5) is 23.6. The number of carbonyl (C=O) groups excluding carboxylic acids is 2. The van der Waals surface area contributed by atoms with Crippen LogP contribution in [0.2, 0.25) is 0 Å². The van der Waals surface area contributed by atoms with Gasteiger partial charge in [0.05, 0.1) is 6.61 Å². The summed E-state index contributed by atoms with van der Waals surface area (Å²) in [5, 5.41) is 0. The molecule has 4 heteroatoms. The first-order valence-electron chi connectivity index (χ1n) is 12.7. The Morgan fingerprint density at radius 3 is 1.83 bits per heavy atom. The van der Waals surface area contributed by atoms with Crippen molar-refractivity contribution in [1.29, 1.82) is 0 Å². The smallest absolute Gasteiger partial charge is 0.331 e. The number of fused-ring (bicyclic) bond motifs is 2. The molecule has 0 aliphatic heterocycles. The van der Waals surface area contributed by atoms with E-state index in [1.54, 1.807) is 0 Å². The lowest BCUT2D eigenvalue weighted by atomic mass is 9.98. The van der Waals surface area contributed by atoms with E-state index >= 15 is 0 Å². The first kappa shape index (κ1) is 24.9. The van der Waals surface area contributed by atoms with Gasteiger partial charge in [-0.25, -0.2) is 9.59 Å². The maximum Gasteiger partial charge on any atom is 0.331 e. The van der Waals surface area contributed by atoms with E-state index in [1.807, 2.05) is 0 Å². The van der Waals surface area contributed by atoms with Crippen LogP contribution in [-0.2, 0) is 19.1 Å².